The Bertz CT molecular complexity index is 157. The molecule has 2 atom stereocenters. The molecular formula is C13H26O. The molecule has 0 N–H and O–H groups in total. The summed E-state index contributed by atoms with van der Waals surface area (Å²) in [7, 11) is 0. The normalized spacial score (nSPS) is 28.3. The highest BCUT2D eigenvalue weighted by atomic mass is 16.5. The first kappa shape index (κ1) is 12.0. The fraction of sp³-hybridized carbons (Fsp3) is 1.00. The van der Waals surface area contributed by atoms with Gasteiger partial charge in [-0.05, 0) is 24.7 Å². The van der Waals surface area contributed by atoms with Gasteiger partial charge in [0.25, 0.3) is 0 Å². The third kappa shape index (κ3) is 3.61. The third-order valence-corrected chi connectivity index (χ3v) is 3.20. The fourth-order valence-electron chi connectivity index (χ4n) is 2.18. The Kier molecular flexibility index (Phi) is 4.43. The summed E-state index contributed by atoms with van der Waals surface area (Å²) >= 11 is 0. The van der Waals surface area contributed by atoms with E-state index in [1.807, 2.05) is 0 Å². The van der Waals surface area contributed by atoms with E-state index in [1.54, 1.807) is 0 Å². The molecule has 0 amide bonds. The van der Waals surface area contributed by atoms with Gasteiger partial charge >= 0.3 is 0 Å². The number of unbranched alkanes of at least 4 members (excludes halogenated alkanes) is 2. The SMILES string of the molecule is CCCCCC1CCC(C(C)(C)C)O1. The van der Waals surface area contributed by atoms with Crippen molar-refractivity contribution in [1.82, 2.24) is 0 Å². The van der Waals surface area contributed by atoms with Crippen LogP contribution in [-0.2, 0) is 4.74 Å². The van der Waals surface area contributed by atoms with Gasteiger partial charge in [0.2, 0.25) is 0 Å². The van der Waals surface area contributed by atoms with Crippen LogP contribution in [-0.4, -0.2) is 12.2 Å². The summed E-state index contributed by atoms with van der Waals surface area (Å²) in [6.45, 7) is 9.11. The Balaban J connectivity index is 2.21. The first-order valence-electron chi connectivity index (χ1n) is 6.19. The van der Waals surface area contributed by atoms with E-state index in [-0.39, 0.29) is 0 Å². The minimum atomic E-state index is 0.333. The predicted molar refractivity (Wildman–Crippen MR) is 61.5 cm³/mol. The van der Waals surface area contributed by atoms with Crippen molar-refractivity contribution in [1.29, 1.82) is 0 Å². The van der Waals surface area contributed by atoms with Crippen LogP contribution in [0, 0.1) is 5.41 Å². The second-order valence-corrected chi connectivity index (χ2v) is 5.69. The van der Waals surface area contributed by atoms with Crippen molar-refractivity contribution in [3.05, 3.63) is 0 Å². The van der Waals surface area contributed by atoms with Crippen LogP contribution >= 0.6 is 0 Å². The van der Waals surface area contributed by atoms with Crippen molar-refractivity contribution >= 4 is 0 Å². The monoisotopic (exact) mass is 198 g/mol. The van der Waals surface area contributed by atoms with Crippen molar-refractivity contribution in [2.45, 2.75) is 78.4 Å². The fourth-order valence-corrected chi connectivity index (χ4v) is 2.18. The molecule has 0 aromatic heterocycles. The molecule has 1 heterocycles. The second-order valence-electron chi connectivity index (χ2n) is 5.69. The lowest BCUT2D eigenvalue weighted by molar-refractivity contribution is -0.0190. The van der Waals surface area contributed by atoms with Crippen LogP contribution in [0.1, 0.15) is 66.2 Å². The minimum Gasteiger partial charge on any atom is -0.374 e. The maximum atomic E-state index is 6.07. The quantitative estimate of drug-likeness (QED) is 0.616. The van der Waals surface area contributed by atoms with Crippen LogP contribution in [0.15, 0.2) is 0 Å². The predicted octanol–water partition coefficient (Wildman–Crippen LogP) is 4.16. The van der Waals surface area contributed by atoms with Gasteiger partial charge < -0.3 is 4.74 Å². The molecule has 0 saturated carbocycles. The molecule has 0 spiro atoms. The van der Waals surface area contributed by atoms with E-state index in [0.29, 0.717) is 17.6 Å². The molecule has 1 saturated heterocycles. The molecule has 1 heteroatoms. The second kappa shape index (κ2) is 5.16. The third-order valence-electron chi connectivity index (χ3n) is 3.20. The highest BCUT2D eigenvalue weighted by Gasteiger charge is 2.33. The van der Waals surface area contributed by atoms with E-state index in [1.165, 1.54) is 38.5 Å². The number of ether oxygens (including phenoxy) is 1. The van der Waals surface area contributed by atoms with Gasteiger partial charge in [0.1, 0.15) is 0 Å². The van der Waals surface area contributed by atoms with Gasteiger partial charge in [-0.25, -0.2) is 0 Å². The van der Waals surface area contributed by atoms with Crippen molar-refractivity contribution in [2.24, 2.45) is 5.41 Å². The summed E-state index contributed by atoms with van der Waals surface area (Å²) in [5.74, 6) is 0. The zero-order valence-electron chi connectivity index (χ0n) is 10.3. The van der Waals surface area contributed by atoms with Crippen LogP contribution in [0.4, 0.5) is 0 Å². The smallest absolute Gasteiger partial charge is 0.0628 e. The number of hydrogen-bond donors (Lipinski definition) is 0. The molecule has 2 unspecified atom stereocenters. The van der Waals surface area contributed by atoms with Crippen LogP contribution in [0.25, 0.3) is 0 Å². The lowest BCUT2D eigenvalue weighted by Crippen LogP contribution is -2.26. The Morgan fingerprint density at radius 2 is 1.86 bits per heavy atom. The van der Waals surface area contributed by atoms with Gasteiger partial charge in [-0.15, -0.1) is 0 Å². The van der Waals surface area contributed by atoms with Crippen molar-refractivity contribution in [3.8, 4) is 0 Å². The van der Waals surface area contributed by atoms with E-state index in [9.17, 15) is 0 Å². The number of rotatable bonds is 4. The summed E-state index contributed by atoms with van der Waals surface area (Å²) in [6, 6.07) is 0. The molecule has 0 radical (unpaired) electrons. The number of hydrogen-bond acceptors (Lipinski definition) is 1. The summed E-state index contributed by atoms with van der Waals surface area (Å²) in [5, 5.41) is 0. The van der Waals surface area contributed by atoms with Gasteiger partial charge in [-0.3, -0.25) is 0 Å². The molecule has 1 rings (SSSR count). The Labute approximate surface area is 89.2 Å². The standard InChI is InChI=1S/C13H26O/c1-5-6-7-8-11-9-10-12(14-11)13(2,3)4/h11-12H,5-10H2,1-4H3. The van der Waals surface area contributed by atoms with Gasteiger partial charge in [0.15, 0.2) is 0 Å². The summed E-state index contributed by atoms with van der Waals surface area (Å²) in [6.07, 6.45) is 8.90. The molecular weight excluding hydrogens is 172 g/mol. The van der Waals surface area contributed by atoms with Gasteiger partial charge in [0.05, 0.1) is 12.2 Å². The van der Waals surface area contributed by atoms with Crippen molar-refractivity contribution in [2.75, 3.05) is 0 Å². The molecule has 14 heavy (non-hydrogen) atoms. The zero-order chi connectivity index (χ0) is 10.6. The highest BCUT2D eigenvalue weighted by Crippen LogP contribution is 2.34. The molecule has 1 fully saturated rings. The van der Waals surface area contributed by atoms with E-state index in [0.717, 1.165) is 0 Å². The van der Waals surface area contributed by atoms with Crippen molar-refractivity contribution in [3.63, 3.8) is 0 Å². The van der Waals surface area contributed by atoms with Crippen LogP contribution in [0.3, 0.4) is 0 Å². The summed E-state index contributed by atoms with van der Waals surface area (Å²) in [4.78, 5) is 0. The average Bonchev–Trinajstić information content (AvgIpc) is 2.52. The first-order chi connectivity index (χ1) is 6.54. The molecule has 1 aliphatic rings. The molecule has 0 aromatic carbocycles. The maximum absolute atomic E-state index is 6.07. The van der Waals surface area contributed by atoms with Crippen molar-refractivity contribution < 1.29 is 4.74 Å². The first-order valence-corrected chi connectivity index (χ1v) is 6.19. The molecule has 0 bridgehead atoms. The molecule has 0 aromatic rings. The topological polar surface area (TPSA) is 9.23 Å². The lowest BCUT2D eigenvalue weighted by Gasteiger charge is -2.26. The largest absolute Gasteiger partial charge is 0.374 e. The van der Waals surface area contributed by atoms with Crippen LogP contribution in [0.2, 0.25) is 0 Å². The molecule has 0 aliphatic carbocycles. The Hall–Kier alpha value is -0.0400. The molecule has 1 aliphatic heterocycles. The Morgan fingerprint density at radius 3 is 2.36 bits per heavy atom. The maximum Gasteiger partial charge on any atom is 0.0628 e. The zero-order valence-corrected chi connectivity index (χ0v) is 10.3. The van der Waals surface area contributed by atoms with Gasteiger partial charge in [-0.1, -0.05) is 47.0 Å². The lowest BCUT2D eigenvalue weighted by atomic mass is 9.87. The molecule has 1 nitrogen and oxygen atoms in total. The van der Waals surface area contributed by atoms with E-state index in [4.69, 9.17) is 4.74 Å². The van der Waals surface area contributed by atoms with E-state index < -0.39 is 0 Å². The van der Waals surface area contributed by atoms with Crippen LogP contribution in [0.5, 0.6) is 0 Å². The average molecular weight is 198 g/mol. The Morgan fingerprint density at radius 1 is 1.14 bits per heavy atom. The molecule has 84 valence electrons. The van der Waals surface area contributed by atoms with Gasteiger partial charge in [-0.2, -0.15) is 0 Å². The van der Waals surface area contributed by atoms with E-state index in [2.05, 4.69) is 27.7 Å². The summed E-state index contributed by atoms with van der Waals surface area (Å²) < 4.78 is 6.07. The van der Waals surface area contributed by atoms with Crippen LogP contribution < -0.4 is 0 Å². The highest BCUT2D eigenvalue weighted by molar-refractivity contribution is 4.82. The minimum absolute atomic E-state index is 0.333. The van der Waals surface area contributed by atoms with Gasteiger partial charge in [0, 0.05) is 0 Å². The van der Waals surface area contributed by atoms with E-state index >= 15 is 0 Å². The summed E-state index contributed by atoms with van der Waals surface area (Å²) in [5.41, 5.74) is 0.333.